The lowest BCUT2D eigenvalue weighted by Gasteiger charge is -2.33. The molecule has 150 valence electrons. The number of nitrogens with zero attached hydrogens (tertiary/aromatic N) is 5. The number of hydrogen-bond donors (Lipinski definition) is 2. The molecule has 0 aliphatic heterocycles. The quantitative estimate of drug-likeness (QED) is 0.555. The van der Waals surface area contributed by atoms with Crippen LogP contribution in [0.4, 0.5) is 5.95 Å². The number of nitrogens with one attached hydrogen (secondary N) is 1. The van der Waals surface area contributed by atoms with Gasteiger partial charge < -0.3 is 15.2 Å². The van der Waals surface area contributed by atoms with Crippen LogP contribution in [0.3, 0.4) is 0 Å². The molecule has 1 aliphatic rings. The van der Waals surface area contributed by atoms with Crippen molar-refractivity contribution in [1.29, 1.82) is 0 Å². The Morgan fingerprint density at radius 1 is 1.17 bits per heavy atom. The zero-order valence-corrected chi connectivity index (χ0v) is 16.5. The minimum atomic E-state index is -0.563. The number of fused-ring (bicyclic) bond motifs is 2. The van der Waals surface area contributed by atoms with E-state index < -0.39 is 5.60 Å². The molecule has 0 atom stereocenters. The van der Waals surface area contributed by atoms with Crippen molar-refractivity contribution in [2.45, 2.75) is 44.2 Å². The summed E-state index contributed by atoms with van der Waals surface area (Å²) in [5.74, 6) is 1.06. The Kier molecular flexibility index (Phi) is 4.16. The fourth-order valence-electron chi connectivity index (χ4n) is 4.08. The Hall–Kier alpha value is -3.13. The molecular formula is C21H24N6O2. The molecule has 4 aromatic rings. The van der Waals surface area contributed by atoms with E-state index in [-0.39, 0.29) is 6.04 Å². The molecule has 1 fully saturated rings. The maximum absolute atomic E-state index is 10.2. The van der Waals surface area contributed by atoms with Crippen LogP contribution in [-0.2, 0) is 0 Å². The van der Waals surface area contributed by atoms with Gasteiger partial charge in [0.25, 0.3) is 0 Å². The summed E-state index contributed by atoms with van der Waals surface area (Å²) in [7, 11) is 1.63. The molecule has 1 aliphatic carbocycles. The summed E-state index contributed by atoms with van der Waals surface area (Å²) in [6.07, 6.45) is 8.96. The van der Waals surface area contributed by atoms with E-state index in [9.17, 15) is 5.11 Å². The number of methoxy groups -OCH3 is 1. The molecule has 8 heteroatoms. The Morgan fingerprint density at radius 2 is 1.97 bits per heavy atom. The number of hydrogen-bond acceptors (Lipinski definition) is 6. The van der Waals surface area contributed by atoms with Gasteiger partial charge in [-0.05, 0) is 62.4 Å². The van der Waals surface area contributed by atoms with Gasteiger partial charge in [-0.1, -0.05) is 0 Å². The average molecular weight is 392 g/mol. The van der Waals surface area contributed by atoms with Crippen LogP contribution in [0.15, 0.2) is 42.9 Å². The highest BCUT2D eigenvalue weighted by molar-refractivity contribution is 5.85. The van der Waals surface area contributed by atoms with E-state index in [0.29, 0.717) is 11.8 Å². The molecular weight excluding hydrogens is 368 g/mol. The van der Waals surface area contributed by atoms with Crippen LogP contribution in [0, 0.1) is 0 Å². The van der Waals surface area contributed by atoms with E-state index in [2.05, 4.69) is 26.6 Å². The van der Waals surface area contributed by atoms with Gasteiger partial charge in [0, 0.05) is 30.2 Å². The molecule has 2 N–H and O–H groups in total. The first kappa shape index (κ1) is 17.9. The highest BCUT2D eigenvalue weighted by Gasteiger charge is 2.29. The molecule has 0 aromatic carbocycles. The second-order valence-corrected chi connectivity index (χ2v) is 8.00. The zero-order chi connectivity index (χ0) is 20.0. The summed E-state index contributed by atoms with van der Waals surface area (Å²) in [6, 6.07) is 8.35. The standard InChI is InChI=1S/C21H24N6O2/c1-21(28)8-3-15(4-9-21)23-20-24-19(29-2)18-17(7-12-27(18)25-20)14-6-11-26-16(13-14)5-10-22-26/h5-7,10-13,15,28H,3-4,8-9H2,1-2H3,(H,23,25)/t15-,21-. The van der Waals surface area contributed by atoms with Crippen molar-refractivity contribution in [2.24, 2.45) is 0 Å². The van der Waals surface area contributed by atoms with E-state index in [0.717, 1.165) is 47.8 Å². The van der Waals surface area contributed by atoms with E-state index >= 15 is 0 Å². The van der Waals surface area contributed by atoms with E-state index in [1.807, 2.05) is 46.5 Å². The van der Waals surface area contributed by atoms with Gasteiger partial charge in [-0.2, -0.15) is 10.1 Å². The third kappa shape index (κ3) is 3.29. The maximum atomic E-state index is 10.2. The van der Waals surface area contributed by atoms with Gasteiger partial charge >= 0.3 is 0 Å². The smallest absolute Gasteiger partial charge is 0.244 e. The van der Waals surface area contributed by atoms with Gasteiger partial charge in [0.15, 0.2) is 0 Å². The van der Waals surface area contributed by atoms with Crippen molar-refractivity contribution in [3.63, 3.8) is 0 Å². The predicted molar refractivity (Wildman–Crippen MR) is 110 cm³/mol. The zero-order valence-electron chi connectivity index (χ0n) is 16.5. The highest BCUT2D eigenvalue weighted by Crippen LogP contribution is 2.33. The molecule has 4 aromatic heterocycles. The number of aromatic nitrogens is 5. The second kappa shape index (κ2) is 6.73. The number of ether oxygens (including phenoxy) is 1. The predicted octanol–water partition coefficient (Wildman–Crippen LogP) is 3.16. The summed E-state index contributed by atoms with van der Waals surface area (Å²) in [5, 5.41) is 22.5. The van der Waals surface area contributed by atoms with E-state index in [1.165, 1.54) is 0 Å². The summed E-state index contributed by atoms with van der Waals surface area (Å²) in [5.41, 5.74) is 3.34. The fourth-order valence-corrected chi connectivity index (χ4v) is 4.08. The molecule has 0 amide bonds. The lowest BCUT2D eigenvalue weighted by atomic mass is 9.84. The maximum Gasteiger partial charge on any atom is 0.244 e. The van der Waals surface area contributed by atoms with Crippen LogP contribution in [0.2, 0.25) is 0 Å². The van der Waals surface area contributed by atoms with Crippen LogP contribution in [0.25, 0.3) is 22.2 Å². The summed E-state index contributed by atoms with van der Waals surface area (Å²) in [4.78, 5) is 4.62. The molecule has 0 spiro atoms. The number of pyridine rings is 1. The van der Waals surface area contributed by atoms with Gasteiger partial charge in [-0.3, -0.25) is 0 Å². The minimum Gasteiger partial charge on any atom is -0.479 e. The van der Waals surface area contributed by atoms with E-state index in [1.54, 1.807) is 13.3 Å². The van der Waals surface area contributed by atoms with Crippen LogP contribution >= 0.6 is 0 Å². The Labute approximate surface area is 168 Å². The second-order valence-electron chi connectivity index (χ2n) is 8.00. The van der Waals surface area contributed by atoms with Gasteiger partial charge in [0.2, 0.25) is 11.8 Å². The molecule has 0 radical (unpaired) electrons. The number of rotatable bonds is 4. The van der Waals surface area contributed by atoms with Crippen molar-refractivity contribution in [2.75, 3.05) is 12.4 Å². The van der Waals surface area contributed by atoms with Crippen molar-refractivity contribution in [3.8, 4) is 17.0 Å². The van der Waals surface area contributed by atoms with Crippen LogP contribution in [0.5, 0.6) is 5.88 Å². The van der Waals surface area contributed by atoms with Gasteiger partial charge in [0.1, 0.15) is 5.52 Å². The average Bonchev–Trinajstić information content (AvgIpc) is 3.35. The molecule has 0 bridgehead atoms. The monoisotopic (exact) mass is 392 g/mol. The summed E-state index contributed by atoms with van der Waals surface area (Å²) < 4.78 is 9.25. The number of anilines is 1. The van der Waals surface area contributed by atoms with Gasteiger partial charge in [-0.15, -0.1) is 5.10 Å². The highest BCUT2D eigenvalue weighted by atomic mass is 16.5. The van der Waals surface area contributed by atoms with Gasteiger partial charge in [0.05, 0.1) is 18.2 Å². The number of aliphatic hydroxyl groups is 1. The van der Waals surface area contributed by atoms with Crippen molar-refractivity contribution >= 4 is 17.0 Å². The minimum absolute atomic E-state index is 0.247. The van der Waals surface area contributed by atoms with Crippen LogP contribution in [-0.4, -0.2) is 48.1 Å². The van der Waals surface area contributed by atoms with Crippen LogP contribution < -0.4 is 10.1 Å². The van der Waals surface area contributed by atoms with Crippen molar-refractivity contribution in [1.82, 2.24) is 24.2 Å². The molecule has 0 unspecified atom stereocenters. The lowest BCUT2D eigenvalue weighted by molar-refractivity contribution is 0.0195. The van der Waals surface area contributed by atoms with Crippen molar-refractivity contribution < 1.29 is 9.84 Å². The van der Waals surface area contributed by atoms with Gasteiger partial charge in [-0.25, -0.2) is 9.03 Å². The SMILES string of the molecule is COc1nc(N[C@H]2CC[C@](C)(O)CC2)nn2ccc(-c3ccn4nccc4c3)c12. The van der Waals surface area contributed by atoms with Crippen LogP contribution in [0.1, 0.15) is 32.6 Å². The molecule has 5 rings (SSSR count). The Balaban J connectivity index is 1.49. The Bertz CT molecular complexity index is 1170. The molecule has 29 heavy (non-hydrogen) atoms. The molecule has 0 saturated heterocycles. The fraction of sp³-hybridized carbons (Fsp3) is 0.381. The lowest BCUT2D eigenvalue weighted by Crippen LogP contribution is -2.36. The largest absolute Gasteiger partial charge is 0.479 e. The first-order chi connectivity index (χ1) is 14.0. The molecule has 4 heterocycles. The first-order valence-electron chi connectivity index (χ1n) is 9.88. The molecule has 8 nitrogen and oxygen atoms in total. The summed E-state index contributed by atoms with van der Waals surface area (Å²) in [6.45, 7) is 1.90. The third-order valence-corrected chi connectivity index (χ3v) is 5.78. The molecule has 1 saturated carbocycles. The third-order valence-electron chi connectivity index (χ3n) is 5.78. The normalized spacial score (nSPS) is 22.2. The van der Waals surface area contributed by atoms with E-state index in [4.69, 9.17) is 4.74 Å². The summed E-state index contributed by atoms with van der Waals surface area (Å²) >= 11 is 0. The first-order valence-corrected chi connectivity index (χ1v) is 9.88. The Morgan fingerprint density at radius 3 is 2.76 bits per heavy atom. The van der Waals surface area contributed by atoms with Crippen molar-refractivity contribution in [3.05, 3.63) is 42.9 Å². The topological polar surface area (TPSA) is 89.0 Å².